The summed E-state index contributed by atoms with van der Waals surface area (Å²) in [5.41, 5.74) is 1.02. The van der Waals surface area contributed by atoms with Crippen molar-refractivity contribution in [3.63, 3.8) is 0 Å². The summed E-state index contributed by atoms with van der Waals surface area (Å²) < 4.78 is 0. The van der Waals surface area contributed by atoms with Crippen LogP contribution in [0.1, 0.15) is 252 Å². The summed E-state index contributed by atoms with van der Waals surface area (Å²) in [7, 11) is 17.2. The van der Waals surface area contributed by atoms with E-state index in [1.165, 1.54) is 407 Å². The molecule has 0 aromatic carbocycles. The van der Waals surface area contributed by atoms with Gasteiger partial charge in [-0.15, -0.1) is 0 Å². The summed E-state index contributed by atoms with van der Waals surface area (Å²) >= 11 is 0. The van der Waals surface area contributed by atoms with Crippen LogP contribution in [0.5, 0.6) is 0 Å². The van der Waals surface area contributed by atoms with Gasteiger partial charge in [-0.25, -0.2) is 110 Å². The lowest BCUT2D eigenvalue weighted by Gasteiger charge is -2.64. The molecular weight excluding hydrogens is 1400 g/mol. The average Bonchev–Trinajstić information content (AvgIpc) is 1.44. The molecule has 26 rings (SSSR count). The molecule has 0 N–H and O–H groups in total. The Kier molecular flexibility index (Phi) is 33.2. The van der Waals surface area contributed by atoms with Gasteiger partial charge in [0.05, 0.1) is 0 Å². The largest absolute Gasteiger partial charge is 0.248 e. The minimum Gasteiger partial charge on any atom is -0.248 e. The summed E-state index contributed by atoms with van der Waals surface area (Å²) in [4.78, 5) is 0. The van der Waals surface area contributed by atoms with E-state index >= 15 is 0 Å². The molecule has 21 saturated heterocycles. The highest BCUT2D eigenvalue weighted by molar-refractivity contribution is 5.35. The number of piperidine rings is 2. The Hall–Kier alpha value is -0.880. The number of rotatable bonds is 4. The number of hydrogen-bond acceptors (Lipinski definition) is 22. The van der Waals surface area contributed by atoms with Crippen molar-refractivity contribution < 1.29 is 0 Å². The van der Waals surface area contributed by atoms with Gasteiger partial charge in [0.1, 0.15) is 0 Å². The zero-order valence-electron chi connectivity index (χ0n) is 75.7. The van der Waals surface area contributed by atoms with Crippen molar-refractivity contribution in [1.29, 1.82) is 0 Å². The van der Waals surface area contributed by atoms with Crippen LogP contribution in [-0.4, -0.2) is 399 Å². The van der Waals surface area contributed by atoms with Gasteiger partial charge in [0, 0.05) is 289 Å². The van der Waals surface area contributed by atoms with Gasteiger partial charge in [0.15, 0.2) is 0 Å². The normalized spacial score (nSPS) is 37.3. The lowest BCUT2D eigenvalue weighted by molar-refractivity contribution is -0.271. The molecule has 652 valence electrons. The summed E-state index contributed by atoms with van der Waals surface area (Å²) in [6, 6.07) is 5.91. The molecule has 5 aliphatic carbocycles. The van der Waals surface area contributed by atoms with Crippen LogP contribution in [0.3, 0.4) is 0 Å². The van der Waals surface area contributed by atoms with Gasteiger partial charge >= 0.3 is 0 Å². The molecule has 10 atom stereocenters. The fourth-order valence-corrected chi connectivity index (χ4v) is 26.4. The van der Waals surface area contributed by atoms with Crippen molar-refractivity contribution in [2.24, 2.45) is 46.3 Å². The lowest BCUT2D eigenvalue weighted by atomic mass is 9.62. The van der Waals surface area contributed by atoms with Crippen molar-refractivity contribution in [1.82, 2.24) is 110 Å². The fourth-order valence-electron chi connectivity index (χ4n) is 26.4. The molecule has 26 aliphatic rings. The second-order valence-electron chi connectivity index (χ2n) is 41.7. The quantitative estimate of drug-likeness (QED) is 0.268. The monoisotopic (exact) mass is 1580 g/mol. The molecule has 26 fully saturated rings. The number of hydrazine groups is 11. The first-order chi connectivity index (χ1) is 54.9. The molecule has 113 heavy (non-hydrogen) atoms. The minimum atomic E-state index is 0.510. The molecule has 22 heteroatoms. The van der Waals surface area contributed by atoms with Gasteiger partial charge < -0.3 is 0 Å². The molecule has 0 amide bonds. The lowest BCUT2D eigenvalue weighted by Crippen LogP contribution is -2.76. The van der Waals surface area contributed by atoms with Gasteiger partial charge in [-0.1, -0.05) is 53.4 Å². The van der Waals surface area contributed by atoms with E-state index < -0.39 is 0 Å². The van der Waals surface area contributed by atoms with Gasteiger partial charge in [-0.05, 0) is 245 Å². The highest BCUT2D eigenvalue weighted by Gasteiger charge is 2.86. The van der Waals surface area contributed by atoms with Crippen LogP contribution in [0.15, 0.2) is 0 Å². The first kappa shape index (κ1) is 88.4. The second kappa shape index (κ2) is 42.5. The molecule has 0 radical (unpaired) electrons. The van der Waals surface area contributed by atoms with E-state index in [0.717, 1.165) is 59.9 Å². The topological polar surface area (TPSA) is 71.3 Å². The Morgan fingerprint density at radius 2 is 0.442 bits per heavy atom. The van der Waals surface area contributed by atoms with E-state index in [2.05, 4.69) is 194 Å². The van der Waals surface area contributed by atoms with Crippen LogP contribution in [0.4, 0.5) is 0 Å². The molecule has 22 nitrogen and oxygen atoms in total. The predicted molar refractivity (Wildman–Crippen MR) is 467 cm³/mol. The van der Waals surface area contributed by atoms with Crippen LogP contribution in [0.25, 0.3) is 0 Å². The van der Waals surface area contributed by atoms with E-state index in [0.29, 0.717) is 10.8 Å². The summed E-state index contributed by atoms with van der Waals surface area (Å²) in [6.45, 7) is 48.3. The molecular formula is C91H178N22. The molecule has 21 heterocycles. The van der Waals surface area contributed by atoms with E-state index in [-0.39, 0.29) is 0 Å². The molecule has 10 unspecified atom stereocenters. The zero-order chi connectivity index (χ0) is 78.6. The van der Waals surface area contributed by atoms with Crippen molar-refractivity contribution in [2.75, 3.05) is 253 Å². The Morgan fingerprint density at radius 3 is 0.673 bits per heavy atom. The third kappa shape index (κ3) is 22.4. The predicted octanol–water partition coefficient (Wildman–Crippen LogP) is 11.5. The fraction of sp³-hybridized carbons (Fsp3) is 1.00. The van der Waals surface area contributed by atoms with E-state index in [1.54, 1.807) is 25.7 Å². The summed E-state index contributed by atoms with van der Waals surface area (Å²) in [5, 5.41) is 54.7. The van der Waals surface area contributed by atoms with Crippen LogP contribution in [-0.2, 0) is 0 Å². The van der Waals surface area contributed by atoms with Gasteiger partial charge in [0.25, 0.3) is 0 Å². The highest BCUT2D eigenvalue weighted by atomic mass is 15.8. The SMILES string of the molecule is C1CC2C(C1)C1C3C4CC5C3C2N2C5C4N12.C1CCN(N2CCCC2)C1.C1CCN(N2CCCC2)CC1.C1CCN2CCCCN2C1.C1CCN2CCCCN2CC1.C1CN2CCCN2C1.CC1(C)CN2CC(C)(C)CN2C1.CN(C)N1CCCC1.CN(C)N1CCCCC1.CN1C2CCC(CC2)N1C.CN1CCCCN1C. The molecule has 0 spiro atoms. The van der Waals surface area contributed by atoms with E-state index in [9.17, 15) is 0 Å². The van der Waals surface area contributed by atoms with Crippen molar-refractivity contribution >= 4 is 0 Å². The second-order valence-corrected chi connectivity index (χ2v) is 41.7. The Morgan fingerprint density at radius 1 is 0.221 bits per heavy atom. The first-order valence-electron chi connectivity index (χ1n) is 49.2. The van der Waals surface area contributed by atoms with Crippen molar-refractivity contribution in [2.45, 2.75) is 289 Å². The number of hydrogen-bond donors (Lipinski definition) is 0. The van der Waals surface area contributed by atoms with Crippen LogP contribution in [0, 0.1) is 46.3 Å². The average molecular weight is 1580 g/mol. The standard InChI is InChI=1S/C14H18N2.C10H20N2.2C9H18N2.3C8H16N2.C7H16N2.C6H12N2.2C6H14N2/c1-2-5-6(3-1)12-10-8-4-7-9(10)11(5)15-13(7)14(8)16(12)15;1-9(2)5-11-7-10(3,4)8-12(11)6-9;1-2-6-10-8-4-5-9-11(10)7-3-1;1-2-6-10(7-3-1)11-8-4-5-9-11;1-9-7-3-5-8(6-4-7)10(9)2;1-2-6-10-8-4-3-7-9(10)5-1;1-2-6-9(5-1)10-7-3-4-8-10;1-8(2)9-6-4-3-5-7-9;1-3-7-5-2-6-8(7)4-1;1-7-5-3-4-6-8(7)2;1-7(2)8-5-3-4-6-8/h5-14H,1-4H2;5-8H2,1-4H3;2*1-9H2;7-8H,3-6H2,1-2H3;2*1-8H2;3-7H2,1-2H3;1-6H2;2*3-6H2,1-2H3. The van der Waals surface area contributed by atoms with Crippen molar-refractivity contribution in [3.05, 3.63) is 0 Å². The first-order valence-corrected chi connectivity index (χ1v) is 49.2. The van der Waals surface area contributed by atoms with Crippen LogP contribution in [0.2, 0.25) is 0 Å². The molecule has 0 aromatic heterocycles. The molecule has 0 aromatic rings. The zero-order valence-corrected chi connectivity index (χ0v) is 75.7. The van der Waals surface area contributed by atoms with Crippen LogP contribution < -0.4 is 0 Å². The Bertz CT molecular complexity index is 2500. The Labute approximate surface area is 694 Å². The summed E-state index contributed by atoms with van der Waals surface area (Å²) in [5.74, 6) is 6.94. The van der Waals surface area contributed by atoms with E-state index in [4.69, 9.17) is 0 Å². The smallest absolute Gasteiger partial charge is 0.0453 e. The minimum absolute atomic E-state index is 0.510. The third-order valence-electron chi connectivity index (χ3n) is 32.2. The number of nitrogens with zero attached hydrogens (tertiary/aromatic N) is 22. The van der Waals surface area contributed by atoms with Crippen LogP contribution >= 0.6 is 0 Å². The third-order valence-corrected chi connectivity index (χ3v) is 32.2. The molecule has 21 aliphatic heterocycles. The maximum atomic E-state index is 2.93. The summed E-state index contributed by atoms with van der Waals surface area (Å²) in [6.07, 6.45) is 49.9. The van der Waals surface area contributed by atoms with Gasteiger partial charge in [-0.3, -0.25) is 0 Å². The highest BCUT2D eigenvalue weighted by Crippen LogP contribution is 2.79. The number of fused-ring (bicyclic) bond motifs is 7. The van der Waals surface area contributed by atoms with Gasteiger partial charge in [-0.2, -0.15) is 0 Å². The van der Waals surface area contributed by atoms with E-state index in [1.807, 2.05) is 0 Å². The van der Waals surface area contributed by atoms with Gasteiger partial charge in [0.2, 0.25) is 0 Å². The Balaban J connectivity index is 0.000000104. The maximum absolute atomic E-state index is 2.93. The molecule has 5 saturated carbocycles. The maximum Gasteiger partial charge on any atom is 0.0453 e. The van der Waals surface area contributed by atoms with Crippen molar-refractivity contribution in [3.8, 4) is 0 Å². The molecule has 6 bridgehead atoms.